The fourth-order valence-electron chi connectivity index (χ4n) is 5.94. The number of aromatic nitrogens is 10. The first-order valence-corrected chi connectivity index (χ1v) is 17.0. The molecule has 52 heavy (non-hydrogen) atoms. The number of unbranched alkanes of at least 4 members (excludes halogenated alkanes) is 1. The van der Waals surface area contributed by atoms with Gasteiger partial charge in [0, 0.05) is 113 Å². The molecule has 268 valence electrons. The summed E-state index contributed by atoms with van der Waals surface area (Å²) in [4.78, 5) is 63.0. The molecule has 0 radical (unpaired) electrons. The van der Waals surface area contributed by atoms with Crippen molar-refractivity contribution in [2.45, 2.75) is 32.4 Å². The summed E-state index contributed by atoms with van der Waals surface area (Å²) in [6.45, 7) is 4.54. The predicted molar refractivity (Wildman–Crippen MR) is 193 cm³/mol. The van der Waals surface area contributed by atoms with Crippen LogP contribution >= 0.6 is 0 Å². The first kappa shape index (κ1) is 34.2. The number of H-pyrrole nitrogens is 1. The zero-order valence-corrected chi connectivity index (χ0v) is 28.7. The third kappa shape index (κ3) is 7.70. The molecular formula is C34H39N15O3. The van der Waals surface area contributed by atoms with Gasteiger partial charge in [0.15, 0.2) is 5.65 Å². The number of anilines is 3. The van der Waals surface area contributed by atoms with E-state index in [1.165, 1.54) is 6.33 Å². The van der Waals surface area contributed by atoms with Crippen LogP contribution < -0.4 is 26.2 Å². The van der Waals surface area contributed by atoms with Crippen molar-refractivity contribution in [3.63, 3.8) is 0 Å². The van der Waals surface area contributed by atoms with Crippen LogP contribution in [0.4, 0.5) is 17.7 Å². The minimum absolute atomic E-state index is 0.0803. The van der Waals surface area contributed by atoms with E-state index < -0.39 is 0 Å². The maximum absolute atomic E-state index is 12.8. The zero-order valence-electron chi connectivity index (χ0n) is 28.7. The van der Waals surface area contributed by atoms with Crippen LogP contribution in [0.1, 0.15) is 35.2 Å². The Labute approximate surface area is 298 Å². The van der Waals surface area contributed by atoms with Gasteiger partial charge in [0.05, 0.1) is 17.6 Å². The van der Waals surface area contributed by atoms with Crippen molar-refractivity contribution in [1.82, 2.24) is 60.3 Å². The molecule has 7 heterocycles. The highest BCUT2D eigenvalue weighted by Gasteiger charge is 2.22. The van der Waals surface area contributed by atoms with Crippen LogP contribution in [0.15, 0.2) is 55.6 Å². The number of rotatable bonds is 14. The van der Waals surface area contributed by atoms with Gasteiger partial charge in [-0.1, -0.05) is 0 Å². The van der Waals surface area contributed by atoms with E-state index in [1.54, 1.807) is 38.1 Å². The van der Waals surface area contributed by atoms with Gasteiger partial charge < -0.3 is 35.9 Å². The Morgan fingerprint density at radius 3 is 2.37 bits per heavy atom. The van der Waals surface area contributed by atoms with E-state index in [4.69, 9.17) is 15.6 Å². The van der Waals surface area contributed by atoms with Crippen LogP contribution in [0.5, 0.6) is 0 Å². The standard InChI is InChI=1S/C34H39N15O3/c1-52-13-5-26(50)38-15-22-16-40-33(41-17-22)47-9-11-48(12-10-47)34-42-19-25(20-43-34)32(51)37-6-2-3-8-49-31-27(29(35)44-21-45-31)28(46-49)24-14-23-4-7-36-30(23)39-18-24/h4,7,14,16-21H,2-3,5-6,8-13,15H2,1H3,(H,36,39)(H,37,51)(H,38,50)(H2,35,44,45). The molecular weight excluding hydrogens is 666 g/mol. The number of nitrogens with one attached hydrogen (secondary N) is 3. The van der Waals surface area contributed by atoms with Gasteiger partial charge in [-0.15, -0.1) is 0 Å². The number of fused-ring (bicyclic) bond motifs is 2. The van der Waals surface area contributed by atoms with Gasteiger partial charge in [0.2, 0.25) is 17.8 Å². The second-order valence-electron chi connectivity index (χ2n) is 12.3. The van der Waals surface area contributed by atoms with Crippen molar-refractivity contribution in [3.8, 4) is 11.3 Å². The highest BCUT2D eigenvalue weighted by atomic mass is 16.5. The van der Waals surface area contributed by atoms with E-state index in [2.05, 4.69) is 60.3 Å². The summed E-state index contributed by atoms with van der Waals surface area (Å²) in [6, 6.07) is 3.97. The Bertz CT molecular complexity index is 2140. The summed E-state index contributed by atoms with van der Waals surface area (Å²) in [5.41, 5.74) is 10.4. The molecule has 0 unspecified atom stereocenters. The molecule has 0 saturated carbocycles. The number of ether oxygens (including phenoxy) is 1. The quantitative estimate of drug-likeness (QED) is 0.119. The molecule has 7 rings (SSSR count). The minimum atomic E-state index is -0.230. The molecule has 1 aliphatic rings. The maximum atomic E-state index is 12.8. The number of nitrogens with two attached hydrogens (primary N) is 1. The second-order valence-corrected chi connectivity index (χ2v) is 12.3. The third-order valence-corrected chi connectivity index (χ3v) is 8.77. The molecule has 1 fully saturated rings. The van der Waals surface area contributed by atoms with Gasteiger partial charge >= 0.3 is 0 Å². The Hall–Kier alpha value is -6.30. The van der Waals surface area contributed by atoms with Crippen LogP contribution in [0.3, 0.4) is 0 Å². The Balaban J connectivity index is 0.859. The zero-order chi connectivity index (χ0) is 35.9. The van der Waals surface area contributed by atoms with Crippen molar-refractivity contribution in [2.75, 3.05) is 62.0 Å². The monoisotopic (exact) mass is 705 g/mol. The molecule has 18 nitrogen and oxygen atoms in total. The van der Waals surface area contributed by atoms with Crippen LogP contribution in [0.2, 0.25) is 0 Å². The van der Waals surface area contributed by atoms with E-state index >= 15 is 0 Å². The fourth-order valence-corrected chi connectivity index (χ4v) is 5.94. The van der Waals surface area contributed by atoms with Crippen molar-refractivity contribution in [2.24, 2.45) is 0 Å². The number of carbonyl (C=O) groups is 2. The van der Waals surface area contributed by atoms with E-state index in [9.17, 15) is 9.59 Å². The molecule has 6 aromatic heterocycles. The van der Waals surface area contributed by atoms with E-state index in [0.717, 1.165) is 35.0 Å². The number of amides is 2. The normalized spacial score (nSPS) is 13.2. The van der Waals surface area contributed by atoms with E-state index in [-0.39, 0.29) is 11.8 Å². The van der Waals surface area contributed by atoms with E-state index in [1.807, 2.05) is 23.0 Å². The number of hydrogen-bond donors (Lipinski definition) is 4. The molecule has 6 aromatic rings. The first-order valence-electron chi connectivity index (χ1n) is 17.0. The summed E-state index contributed by atoms with van der Waals surface area (Å²) in [7, 11) is 1.56. The summed E-state index contributed by atoms with van der Waals surface area (Å²) in [5, 5.41) is 12.3. The lowest BCUT2D eigenvalue weighted by Gasteiger charge is -2.34. The van der Waals surface area contributed by atoms with Crippen molar-refractivity contribution in [3.05, 3.63) is 66.8 Å². The number of methoxy groups -OCH3 is 1. The molecule has 0 aromatic carbocycles. The maximum Gasteiger partial charge on any atom is 0.254 e. The molecule has 0 atom stereocenters. The summed E-state index contributed by atoms with van der Waals surface area (Å²) in [5.74, 6) is 1.25. The van der Waals surface area contributed by atoms with Gasteiger partial charge in [-0.05, 0) is 25.0 Å². The second kappa shape index (κ2) is 15.7. The third-order valence-electron chi connectivity index (χ3n) is 8.77. The number of carbonyl (C=O) groups excluding carboxylic acids is 2. The molecule has 1 aliphatic heterocycles. The van der Waals surface area contributed by atoms with Crippen molar-refractivity contribution < 1.29 is 14.3 Å². The van der Waals surface area contributed by atoms with E-state index in [0.29, 0.717) is 98.8 Å². The van der Waals surface area contributed by atoms with Gasteiger partial charge in [-0.3, -0.25) is 9.59 Å². The average Bonchev–Trinajstić information content (AvgIpc) is 3.81. The van der Waals surface area contributed by atoms with Crippen LogP contribution in [-0.4, -0.2) is 108 Å². The molecule has 0 bridgehead atoms. The van der Waals surface area contributed by atoms with Crippen LogP contribution in [-0.2, 0) is 22.6 Å². The molecule has 18 heteroatoms. The molecule has 0 spiro atoms. The molecule has 5 N–H and O–H groups in total. The van der Waals surface area contributed by atoms with Crippen LogP contribution in [0.25, 0.3) is 33.3 Å². The number of nitrogens with zero attached hydrogens (tertiary/aromatic N) is 11. The summed E-state index contributed by atoms with van der Waals surface area (Å²) < 4.78 is 6.76. The number of hydrogen-bond acceptors (Lipinski definition) is 14. The summed E-state index contributed by atoms with van der Waals surface area (Å²) in [6.07, 6.45) is 13.4. The highest BCUT2D eigenvalue weighted by Crippen LogP contribution is 2.31. The lowest BCUT2D eigenvalue weighted by atomic mass is 10.1. The van der Waals surface area contributed by atoms with Gasteiger partial charge in [-0.25, -0.2) is 39.6 Å². The molecule has 1 saturated heterocycles. The SMILES string of the molecule is COCCC(=O)NCc1cnc(N2CCN(c3ncc(C(=O)NCCCCn4nc(-c5cnc6[nH]ccc6c5)c5c(N)ncnc54)cn3)CC2)nc1. The Kier molecular flexibility index (Phi) is 10.3. The van der Waals surface area contributed by atoms with Gasteiger partial charge in [-0.2, -0.15) is 5.10 Å². The first-order chi connectivity index (χ1) is 25.5. The lowest BCUT2D eigenvalue weighted by molar-refractivity contribution is -0.122. The largest absolute Gasteiger partial charge is 0.384 e. The smallest absolute Gasteiger partial charge is 0.254 e. The number of aromatic amines is 1. The number of nitrogen functional groups attached to an aromatic ring is 1. The number of aryl methyl sites for hydroxylation is 1. The topological polar surface area (TPSA) is 224 Å². The average molecular weight is 706 g/mol. The fraction of sp³-hybridized carbons (Fsp3) is 0.353. The van der Waals surface area contributed by atoms with Crippen LogP contribution in [0, 0.1) is 0 Å². The Morgan fingerprint density at radius 1 is 0.904 bits per heavy atom. The van der Waals surface area contributed by atoms with Crippen molar-refractivity contribution in [1.29, 1.82) is 0 Å². The Morgan fingerprint density at radius 2 is 1.63 bits per heavy atom. The number of piperazine rings is 1. The highest BCUT2D eigenvalue weighted by molar-refractivity contribution is 5.99. The molecule has 2 amide bonds. The predicted octanol–water partition coefficient (Wildman–Crippen LogP) is 1.72. The number of pyridine rings is 1. The van der Waals surface area contributed by atoms with Crippen molar-refractivity contribution >= 4 is 51.6 Å². The summed E-state index contributed by atoms with van der Waals surface area (Å²) >= 11 is 0. The van der Waals surface area contributed by atoms with Gasteiger partial charge in [0.1, 0.15) is 23.5 Å². The molecule has 0 aliphatic carbocycles. The van der Waals surface area contributed by atoms with Gasteiger partial charge in [0.25, 0.3) is 5.91 Å². The lowest BCUT2D eigenvalue weighted by Crippen LogP contribution is -2.47. The minimum Gasteiger partial charge on any atom is -0.384 e.